The van der Waals surface area contributed by atoms with Crippen molar-refractivity contribution in [2.75, 3.05) is 19.8 Å². The van der Waals surface area contributed by atoms with Crippen LogP contribution in [0, 0.1) is 0 Å². The molecule has 1 aliphatic heterocycles. The van der Waals surface area contributed by atoms with E-state index in [0.717, 1.165) is 0 Å². The fraction of sp³-hybridized carbons (Fsp3) is 0.846. The minimum atomic E-state index is -0.535. The molecule has 0 spiro atoms. The first-order valence-corrected chi connectivity index (χ1v) is 6.81. The van der Waals surface area contributed by atoms with Crippen molar-refractivity contribution >= 4 is 12.0 Å². The van der Waals surface area contributed by atoms with Gasteiger partial charge in [0.2, 0.25) is 5.91 Å². The zero-order valence-corrected chi connectivity index (χ0v) is 12.3. The van der Waals surface area contributed by atoms with E-state index in [1.807, 2.05) is 0 Å². The summed E-state index contributed by atoms with van der Waals surface area (Å²) in [5.41, 5.74) is -0.535. The minimum absolute atomic E-state index is 0.0959. The predicted octanol–water partition coefficient (Wildman–Crippen LogP) is 0.167. The maximum absolute atomic E-state index is 11.6. The van der Waals surface area contributed by atoms with Crippen LogP contribution in [0.5, 0.6) is 0 Å². The summed E-state index contributed by atoms with van der Waals surface area (Å²) in [6, 6.07) is -0.147. The summed E-state index contributed by atoms with van der Waals surface area (Å²) in [6.45, 7) is 5.79. The maximum Gasteiger partial charge on any atom is 0.407 e. The third-order valence-electron chi connectivity index (χ3n) is 2.70. The molecule has 0 aliphatic carbocycles. The van der Waals surface area contributed by atoms with Crippen molar-refractivity contribution in [3.63, 3.8) is 0 Å². The maximum atomic E-state index is 11.6. The predicted molar refractivity (Wildman–Crippen MR) is 72.2 cm³/mol. The molecule has 3 N–H and O–H groups in total. The van der Waals surface area contributed by atoms with E-state index in [4.69, 9.17) is 14.6 Å². The molecule has 0 unspecified atom stereocenters. The molecule has 2 atom stereocenters. The molecule has 0 saturated carbocycles. The van der Waals surface area contributed by atoms with E-state index >= 15 is 0 Å². The van der Waals surface area contributed by atoms with Crippen molar-refractivity contribution in [3.8, 4) is 0 Å². The van der Waals surface area contributed by atoms with Crippen LogP contribution in [0.4, 0.5) is 4.79 Å². The lowest BCUT2D eigenvalue weighted by atomic mass is 10.0. The number of rotatable bonds is 4. The summed E-state index contributed by atoms with van der Waals surface area (Å²) in [5.74, 6) is -0.227. The van der Waals surface area contributed by atoms with E-state index in [0.29, 0.717) is 12.8 Å². The number of alkyl carbamates (subject to hydrolysis) is 1. The molecule has 0 bridgehead atoms. The van der Waals surface area contributed by atoms with Gasteiger partial charge in [-0.15, -0.1) is 0 Å². The van der Waals surface area contributed by atoms with Crippen LogP contribution in [0.1, 0.15) is 33.6 Å². The van der Waals surface area contributed by atoms with Crippen LogP contribution < -0.4 is 10.6 Å². The summed E-state index contributed by atoms with van der Waals surface area (Å²) in [5, 5.41) is 13.9. The molecule has 1 aliphatic rings. The second-order valence-electron chi connectivity index (χ2n) is 5.76. The van der Waals surface area contributed by atoms with Crippen LogP contribution in [-0.4, -0.2) is 54.6 Å². The lowest BCUT2D eigenvalue weighted by molar-refractivity contribution is -0.136. The monoisotopic (exact) mass is 288 g/mol. The SMILES string of the molecule is CC(C)(C)OC(=O)N[C@@H]1CC[C@@H](C(=O)NCCO)OC1. The van der Waals surface area contributed by atoms with Crippen molar-refractivity contribution < 1.29 is 24.2 Å². The van der Waals surface area contributed by atoms with Gasteiger partial charge in [0.1, 0.15) is 11.7 Å². The quantitative estimate of drug-likeness (QED) is 0.685. The highest BCUT2D eigenvalue weighted by Crippen LogP contribution is 2.15. The van der Waals surface area contributed by atoms with E-state index in [-0.39, 0.29) is 31.7 Å². The summed E-state index contributed by atoms with van der Waals surface area (Å²) < 4.78 is 10.6. The smallest absolute Gasteiger partial charge is 0.407 e. The average molecular weight is 288 g/mol. The number of carbonyl (C=O) groups excluding carboxylic acids is 2. The number of amides is 2. The van der Waals surface area contributed by atoms with Gasteiger partial charge in [0, 0.05) is 6.54 Å². The Balaban J connectivity index is 2.28. The third-order valence-corrected chi connectivity index (χ3v) is 2.70. The lowest BCUT2D eigenvalue weighted by Gasteiger charge is -2.29. The molecule has 0 aromatic rings. The summed E-state index contributed by atoms with van der Waals surface area (Å²) in [4.78, 5) is 23.2. The highest BCUT2D eigenvalue weighted by Gasteiger charge is 2.28. The van der Waals surface area contributed by atoms with Gasteiger partial charge in [0.25, 0.3) is 0 Å². The zero-order valence-electron chi connectivity index (χ0n) is 12.3. The van der Waals surface area contributed by atoms with E-state index in [1.54, 1.807) is 20.8 Å². The topological polar surface area (TPSA) is 96.9 Å². The molecule has 116 valence electrons. The standard InChI is InChI=1S/C13H24N2O5/c1-13(2,3)20-12(18)15-9-4-5-10(19-8-9)11(17)14-6-7-16/h9-10,16H,4-8H2,1-3H3,(H,14,17)(H,15,18)/t9-,10+/m1/s1. The van der Waals surface area contributed by atoms with Crippen molar-refractivity contribution in [3.05, 3.63) is 0 Å². The third kappa shape index (κ3) is 6.21. The minimum Gasteiger partial charge on any atom is -0.444 e. The second kappa shape index (κ2) is 7.44. The Hall–Kier alpha value is -1.34. The van der Waals surface area contributed by atoms with Gasteiger partial charge in [-0.1, -0.05) is 0 Å². The van der Waals surface area contributed by atoms with Crippen LogP contribution in [0.25, 0.3) is 0 Å². The van der Waals surface area contributed by atoms with E-state index < -0.39 is 17.8 Å². The molecule has 1 heterocycles. The Morgan fingerprint density at radius 2 is 2.05 bits per heavy atom. The molecule has 0 aromatic heterocycles. The van der Waals surface area contributed by atoms with E-state index in [1.165, 1.54) is 0 Å². The number of aliphatic hydroxyl groups excluding tert-OH is 1. The van der Waals surface area contributed by atoms with Gasteiger partial charge in [0.15, 0.2) is 0 Å². The fourth-order valence-electron chi connectivity index (χ4n) is 1.84. The van der Waals surface area contributed by atoms with Crippen molar-refractivity contribution in [1.29, 1.82) is 0 Å². The Bertz CT molecular complexity index is 332. The summed E-state index contributed by atoms with van der Waals surface area (Å²) in [7, 11) is 0. The second-order valence-corrected chi connectivity index (χ2v) is 5.76. The molecule has 0 radical (unpaired) electrons. The van der Waals surface area contributed by atoms with Gasteiger partial charge in [0.05, 0.1) is 19.3 Å². The first-order chi connectivity index (χ1) is 9.31. The first kappa shape index (κ1) is 16.7. The number of hydrogen-bond donors (Lipinski definition) is 3. The molecule has 1 rings (SSSR count). The van der Waals surface area contributed by atoms with Gasteiger partial charge in [-0.2, -0.15) is 0 Å². The number of hydrogen-bond acceptors (Lipinski definition) is 5. The largest absolute Gasteiger partial charge is 0.444 e. The van der Waals surface area contributed by atoms with Crippen LogP contribution in [0.15, 0.2) is 0 Å². The van der Waals surface area contributed by atoms with Crippen LogP contribution >= 0.6 is 0 Å². The average Bonchev–Trinajstić information content (AvgIpc) is 2.34. The van der Waals surface area contributed by atoms with Crippen molar-refractivity contribution in [2.45, 2.75) is 51.4 Å². The number of aliphatic hydroxyl groups is 1. The van der Waals surface area contributed by atoms with Gasteiger partial charge in [-0.25, -0.2) is 4.79 Å². The lowest BCUT2D eigenvalue weighted by Crippen LogP contribution is -2.48. The van der Waals surface area contributed by atoms with Crippen LogP contribution in [0.3, 0.4) is 0 Å². The highest BCUT2D eigenvalue weighted by molar-refractivity contribution is 5.80. The summed E-state index contributed by atoms with van der Waals surface area (Å²) in [6.07, 6.45) is 0.182. The van der Waals surface area contributed by atoms with Gasteiger partial charge in [-0.3, -0.25) is 4.79 Å². The number of nitrogens with one attached hydrogen (secondary N) is 2. The Kier molecular flexibility index (Phi) is 6.22. The molecule has 1 fully saturated rings. The molecular formula is C13H24N2O5. The van der Waals surface area contributed by atoms with E-state index in [2.05, 4.69) is 10.6 Å². The number of ether oxygens (including phenoxy) is 2. The van der Waals surface area contributed by atoms with Crippen LogP contribution in [0.2, 0.25) is 0 Å². The zero-order chi connectivity index (χ0) is 15.2. The normalized spacial score (nSPS) is 23.0. The molecular weight excluding hydrogens is 264 g/mol. The molecule has 7 nitrogen and oxygen atoms in total. The molecule has 0 aromatic carbocycles. The Morgan fingerprint density at radius 3 is 2.55 bits per heavy atom. The van der Waals surface area contributed by atoms with Gasteiger partial charge < -0.3 is 25.2 Å². The van der Waals surface area contributed by atoms with E-state index in [9.17, 15) is 9.59 Å². The highest BCUT2D eigenvalue weighted by atomic mass is 16.6. The molecule has 1 saturated heterocycles. The number of carbonyl (C=O) groups is 2. The molecule has 7 heteroatoms. The Labute approximate surface area is 119 Å². The van der Waals surface area contributed by atoms with Crippen molar-refractivity contribution in [2.24, 2.45) is 0 Å². The fourth-order valence-corrected chi connectivity index (χ4v) is 1.84. The van der Waals surface area contributed by atoms with Gasteiger partial charge in [-0.05, 0) is 33.6 Å². The molecule has 20 heavy (non-hydrogen) atoms. The molecule has 2 amide bonds. The van der Waals surface area contributed by atoms with Crippen molar-refractivity contribution in [1.82, 2.24) is 10.6 Å². The first-order valence-electron chi connectivity index (χ1n) is 6.81. The van der Waals surface area contributed by atoms with Crippen LogP contribution in [-0.2, 0) is 14.3 Å². The Morgan fingerprint density at radius 1 is 1.35 bits per heavy atom. The summed E-state index contributed by atoms with van der Waals surface area (Å²) >= 11 is 0. The van der Waals surface area contributed by atoms with Gasteiger partial charge >= 0.3 is 6.09 Å².